The zero-order valence-electron chi connectivity index (χ0n) is 13.9. The van der Waals surface area contributed by atoms with Crippen LogP contribution in [0.15, 0.2) is 97.1 Å². The summed E-state index contributed by atoms with van der Waals surface area (Å²) in [5, 5.41) is 0. The van der Waals surface area contributed by atoms with Gasteiger partial charge in [0.15, 0.2) is 0 Å². The van der Waals surface area contributed by atoms with Gasteiger partial charge >= 0.3 is 0 Å². The summed E-state index contributed by atoms with van der Waals surface area (Å²) >= 11 is 0. The third-order valence-corrected chi connectivity index (χ3v) is 5.10. The first kappa shape index (κ1) is 14.2. The van der Waals surface area contributed by atoms with Crippen molar-refractivity contribution in [1.82, 2.24) is 0 Å². The normalized spacial score (nSPS) is 11.8. The Balaban J connectivity index is 1.55. The molecule has 0 radical (unpaired) electrons. The van der Waals surface area contributed by atoms with E-state index in [1.165, 1.54) is 44.5 Å². The summed E-state index contributed by atoms with van der Waals surface area (Å²) in [6.45, 7) is 0. The van der Waals surface area contributed by atoms with Gasteiger partial charge < -0.3 is 0 Å². The van der Waals surface area contributed by atoms with Crippen molar-refractivity contribution in [1.29, 1.82) is 0 Å². The monoisotopic (exact) mass is 318 g/mol. The molecule has 118 valence electrons. The molecule has 5 rings (SSSR count). The van der Waals surface area contributed by atoms with Crippen molar-refractivity contribution in [2.75, 3.05) is 0 Å². The lowest BCUT2D eigenvalue weighted by Gasteiger charge is -2.06. The van der Waals surface area contributed by atoms with Crippen molar-refractivity contribution in [3.63, 3.8) is 0 Å². The van der Waals surface area contributed by atoms with Gasteiger partial charge in [-0.3, -0.25) is 0 Å². The van der Waals surface area contributed by atoms with Crippen LogP contribution in [-0.4, -0.2) is 0 Å². The van der Waals surface area contributed by atoms with E-state index >= 15 is 0 Å². The van der Waals surface area contributed by atoms with Crippen LogP contribution in [0.3, 0.4) is 0 Å². The van der Waals surface area contributed by atoms with Gasteiger partial charge in [0.05, 0.1) is 0 Å². The number of rotatable bonds is 2. The molecule has 0 aromatic heterocycles. The molecule has 4 aromatic carbocycles. The largest absolute Gasteiger partial charge is 0.0622 e. The molecule has 0 unspecified atom stereocenters. The molecule has 0 atom stereocenters. The molecule has 1 aliphatic carbocycles. The second-order valence-corrected chi connectivity index (χ2v) is 6.65. The molecule has 0 amide bonds. The third kappa shape index (κ3) is 2.47. The van der Waals surface area contributed by atoms with Crippen LogP contribution >= 0.6 is 0 Å². The maximum atomic E-state index is 2.35. The lowest BCUT2D eigenvalue weighted by molar-refractivity contribution is 1.26. The molecule has 25 heavy (non-hydrogen) atoms. The van der Waals surface area contributed by atoms with Crippen molar-refractivity contribution >= 4 is 0 Å². The molecule has 0 spiro atoms. The number of benzene rings is 4. The Morgan fingerprint density at radius 2 is 0.840 bits per heavy atom. The Labute approximate surface area is 148 Å². The van der Waals surface area contributed by atoms with Crippen molar-refractivity contribution in [3.8, 4) is 33.4 Å². The van der Waals surface area contributed by atoms with Gasteiger partial charge in [0.1, 0.15) is 0 Å². The predicted molar refractivity (Wildman–Crippen MR) is 106 cm³/mol. The maximum absolute atomic E-state index is 2.35. The molecule has 1 aliphatic rings. The van der Waals surface area contributed by atoms with E-state index in [9.17, 15) is 0 Å². The highest BCUT2D eigenvalue weighted by Gasteiger charge is 2.19. The average molecular weight is 318 g/mol. The van der Waals surface area contributed by atoms with Crippen LogP contribution in [-0.2, 0) is 6.42 Å². The second kappa shape index (κ2) is 5.75. The minimum absolute atomic E-state index is 1.02. The van der Waals surface area contributed by atoms with E-state index in [0.717, 1.165) is 6.42 Å². The summed E-state index contributed by atoms with van der Waals surface area (Å²) in [6, 6.07) is 35.0. The van der Waals surface area contributed by atoms with Gasteiger partial charge in [-0.25, -0.2) is 0 Å². The highest BCUT2D eigenvalue weighted by molar-refractivity contribution is 5.82. The van der Waals surface area contributed by atoms with E-state index in [1.807, 2.05) is 0 Å². The van der Waals surface area contributed by atoms with Gasteiger partial charge in [-0.2, -0.15) is 0 Å². The highest BCUT2D eigenvalue weighted by Crippen LogP contribution is 2.40. The van der Waals surface area contributed by atoms with Crippen molar-refractivity contribution < 1.29 is 0 Å². The lowest BCUT2D eigenvalue weighted by atomic mass is 9.98. The van der Waals surface area contributed by atoms with E-state index in [1.54, 1.807) is 0 Å². The van der Waals surface area contributed by atoms with Crippen LogP contribution in [0.4, 0.5) is 0 Å². The molecular weight excluding hydrogens is 300 g/mol. The fraction of sp³-hybridized carbons (Fsp3) is 0.0400. The minimum atomic E-state index is 1.02. The van der Waals surface area contributed by atoms with Gasteiger partial charge in [-0.15, -0.1) is 0 Å². The molecule has 0 heteroatoms. The first-order valence-corrected chi connectivity index (χ1v) is 8.75. The molecular formula is C25H18. The third-order valence-electron chi connectivity index (χ3n) is 5.10. The minimum Gasteiger partial charge on any atom is -0.0622 e. The first-order chi connectivity index (χ1) is 12.4. The van der Waals surface area contributed by atoms with Gasteiger partial charge in [0.25, 0.3) is 0 Å². The molecule has 4 aromatic rings. The van der Waals surface area contributed by atoms with E-state index in [4.69, 9.17) is 0 Å². The van der Waals surface area contributed by atoms with E-state index in [-0.39, 0.29) is 0 Å². The van der Waals surface area contributed by atoms with Crippen LogP contribution in [0.1, 0.15) is 11.1 Å². The Morgan fingerprint density at radius 1 is 0.400 bits per heavy atom. The van der Waals surface area contributed by atoms with Gasteiger partial charge in [0, 0.05) is 0 Å². The van der Waals surface area contributed by atoms with E-state index in [2.05, 4.69) is 97.1 Å². The summed E-state index contributed by atoms with van der Waals surface area (Å²) in [4.78, 5) is 0. The SMILES string of the molecule is c1ccc(-c2ccc3c(c2)Cc2cc(-c4ccccc4)ccc2-3)cc1. The Morgan fingerprint density at radius 3 is 1.28 bits per heavy atom. The van der Waals surface area contributed by atoms with Crippen LogP contribution in [0.5, 0.6) is 0 Å². The Hall–Kier alpha value is -3.12. The smallest absolute Gasteiger partial charge is 0.00130 e. The van der Waals surface area contributed by atoms with Gasteiger partial charge in [-0.05, 0) is 50.9 Å². The molecule has 0 heterocycles. The average Bonchev–Trinajstić information content (AvgIpc) is 3.06. The second-order valence-electron chi connectivity index (χ2n) is 6.65. The summed E-state index contributed by atoms with van der Waals surface area (Å²) < 4.78 is 0. The lowest BCUT2D eigenvalue weighted by Crippen LogP contribution is -1.84. The summed E-state index contributed by atoms with van der Waals surface area (Å²) in [5.74, 6) is 0. The first-order valence-electron chi connectivity index (χ1n) is 8.75. The molecule has 0 N–H and O–H groups in total. The quantitative estimate of drug-likeness (QED) is 0.344. The Bertz CT molecular complexity index is 957. The van der Waals surface area contributed by atoms with Crippen LogP contribution in [0, 0.1) is 0 Å². The van der Waals surface area contributed by atoms with E-state index in [0.29, 0.717) is 0 Å². The number of hydrogen-bond acceptors (Lipinski definition) is 0. The predicted octanol–water partition coefficient (Wildman–Crippen LogP) is 6.59. The maximum Gasteiger partial charge on any atom is -0.00130 e. The fourth-order valence-electron chi connectivity index (χ4n) is 3.83. The standard InChI is InChI=1S/C25H18/c1-3-7-18(8-4-1)20-11-13-24-22(15-20)17-23-16-21(12-14-25(23)24)19-9-5-2-6-10-19/h1-16H,17H2. The van der Waals surface area contributed by atoms with Gasteiger partial charge in [0.2, 0.25) is 0 Å². The summed E-state index contributed by atoms with van der Waals surface area (Å²) in [6.07, 6.45) is 1.02. The number of fused-ring (bicyclic) bond motifs is 3. The molecule has 0 nitrogen and oxygen atoms in total. The molecule has 0 fully saturated rings. The Kier molecular flexibility index (Phi) is 3.28. The van der Waals surface area contributed by atoms with Crippen molar-refractivity contribution in [2.45, 2.75) is 6.42 Å². The fourth-order valence-corrected chi connectivity index (χ4v) is 3.83. The van der Waals surface area contributed by atoms with Crippen LogP contribution in [0.25, 0.3) is 33.4 Å². The molecule has 0 saturated carbocycles. The molecule has 0 aliphatic heterocycles. The summed E-state index contributed by atoms with van der Waals surface area (Å²) in [5.41, 5.74) is 10.8. The topological polar surface area (TPSA) is 0 Å². The zero-order valence-corrected chi connectivity index (χ0v) is 13.9. The molecule has 0 saturated heterocycles. The zero-order chi connectivity index (χ0) is 16.6. The van der Waals surface area contributed by atoms with Gasteiger partial charge in [-0.1, -0.05) is 97.1 Å². The molecule has 0 bridgehead atoms. The van der Waals surface area contributed by atoms with Crippen LogP contribution in [0.2, 0.25) is 0 Å². The van der Waals surface area contributed by atoms with E-state index < -0.39 is 0 Å². The number of hydrogen-bond donors (Lipinski definition) is 0. The van der Waals surface area contributed by atoms with Crippen molar-refractivity contribution in [3.05, 3.63) is 108 Å². The summed E-state index contributed by atoms with van der Waals surface area (Å²) in [7, 11) is 0. The van der Waals surface area contributed by atoms with Crippen LogP contribution < -0.4 is 0 Å². The van der Waals surface area contributed by atoms with Crippen molar-refractivity contribution in [2.24, 2.45) is 0 Å². The highest BCUT2D eigenvalue weighted by atomic mass is 14.2.